The fraction of sp³-hybridized carbons (Fsp3) is 0.333. The van der Waals surface area contributed by atoms with Gasteiger partial charge in [0.2, 0.25) is 0 Å². The van der Waals surface area contributed by atoms with Crippen LogP contribution >= 0.6 is 0 Å². The summed E-state index contributed by atoms with van der Waals surface area (Å²) in [5, 5.41) is 0. The summed E-state index contributed by atoms with van der Waals surface area (Å²) in [5.74, 6) is 0.264. The number of amides is 2. The lowest BCUT2D eigenvalue weighted by Gasteiger charge is -2.29. The van der Waals surface area contributed by atoms with Gasteiger partial charge in [0.1, 0.15) is 11.4 Å². The molecule has 0 unspecified atom stereocenters. The van der Waals surface area contributed by atoms with Crippen molar-refractivity contribution >= 4 is 23.1 Å². The van der Waals surface area contributed by atoms with Crippen molar-refractivity contribution < 1.29 is 14.3 Å². The van der Waals surface area contributed by atoms with Crippen LogP contribution in [-0.4, -0.2) is 36.4 Å². The largest absolute Gasteiger partial charge is 0.494 e. The van der Waals surface area contributed by atoms with Gasteiger partial charge in [-0.25, -0.2) is 4.90 Å². The normalized spacial score (nSPS) is 17.3. The SMILES string of the molecule is CCOc1ccc(C2=C(N3CCCCC3)C(=O)N(c3cccc(C)c3)C2=O)cc1. The molecule has 5 nitrogen and oxygen atoms in total. The minimum absolute atomic E-state index is 0.230. The van der Waals surface area contributed by atoms with Gasteiger partial charge < -0.3 is 9.64 Å². The van der Waals surface area contributed by atoms with Gasteiger partial charge in [0.25, 0.3) is 11.8 Å². The summed E-state index contributed by atoms with van der Waals surface area (Å²) in [6.07, 6.45) is 3.23. The third-order valence-electron chi connectivity index (χ3n) is 5.45. The standard InChI is InChI=1S/C24H26N2O3/c1-3-29-20-12-10-18(11-13-20)21-22(25-14-5-4-6-15-25)24(28)26(23(21)27)19-9-7-8-17(2)16-19/h7-13,16H,3-6,14-15H2,1-2H3. The molecule has 0 spiro atoms. The van der Waals surface area contributed by atoms with Crippen molar-refractivity contribution in [3.8, 4) is 5.75 Å². The van der Waals surface area contributed by atoms with E-state index >= 15 is 0 Å². The van der Waals surface area contributed by atoms with Crippen LogP contribution in [0.25, 0.3) is 5.57 Å². The average Bonchev–Trinajstić information content (AvgIpc) is 2.99. The van der Waals surface area contributed by atoms with Gasteiger partial charge >= 0.3 is 0 Å². The van der Waals surface area contributed by atoms with Crippen LogP contribution in [0.1, 0.15) is 37.3 Å². The number of likely N-dealkylation sites (tertiary alicyclic amines) is 1. The number of hydrogen-bond acceptors (Lipinski definition) is 4. The van der Waals surface area contributed by atoms with Crippen molar-refractivity contribution in [1.82, 2.24) is 4.90 Å². The molecule has 2 aliphatic heterocycles. The summed E-state index contributed by atoms with van der Waals surface area (Å²) in [6.45, 7) is 6.08. The molecule has 0 atom stereocenters. The Morgan fingerprint density at radius 2 is 1.66 bits per heavy atom. The molecule has 29 heavy (non-hydrogen) atoms. The second kappa shape index (κ2) is 8.11. The number of imide groups is 1. The highest BCUT2D eigenvalue weighted by Crippen LogP contribution is 2.36. The fourth-order valence-electron chi connectivity index (χ4n) is 4.08. The number of benzene rings is 2. The number of hydrogen-bond donors (Lipinski definition) is 0. The minimum Gasteiger partial charge on any atom is -0.494 e. The van der Waals surface area contributed by atoms with Gasteiger partial charge in [0.05, 0.1) is 17.9 Å². The van der Waals surface area contributed by atoms with Crippen LogP contribution < -0.4 is 9.64 Å². The van der Waals surface area contributed by atoms with E-state index in [1.54, 1.807) is 0 Å². The average molecular weight is 390 g/mol. The van der Waals surface area contributed by atoms with Gasteiger partial charge in [-0.1, -0.05) is 24.3 Å². The van der Waals surface area contributed by atoms with Crippen LogP contribution in [0, 0.1) is 6.92 Å². The molecule has 0 radical (unpaired) electrons. The third-order valence-corrected chi connectivity index (χ3v) is 5.45. The van der Waals surface area contributed by atoms with Crippen LogP contribution in [0.5, 0.6) is 5.75 Å². The number of carbonyl (C=O) groups is 2. The number of anilines is 1. The second-order valence-corrected chi connectivity index (χ2v) is 7.51. The van der Waals surface area contributed by atoms with Crippen LogP contribution in [0.2, 0.25) is 0 Å². The van der Waals surface area contributed by atoms with E-state index in [2.05, 4.69) is 4.90 Å². The zero-order valence-electron chi connectivity index (χ0n) is 17.0. The van der Waals surface area contributed by atoms with Gasteiger partial charge in [-0.05, 0) is 68.5 Å². The topological polar surface area (TPSA) is 49.9 Å². The highest BCUT2D eigenvalue weighted by molar-refractivity contribution is 6.45. The Morgan fingerprint density at radius 3 is 2.31 bits per heavy atom. The maximum absolute atomic E-state index is 13.5. The summed E-state index contributed by atoms with van der Waals surface area (Å²) in [5.41, 5.74) is 3.40. The van der Waals surface area contributed by atoms with Gasteiger partial charge in [0.15, 0.2) is 0 Å². The Bertz CT molecular complexity index is 956. The molecule has 2 aromatic carbocycles. The maximum Gasteiger partial charge on any atom is 0.282 e. The first kappa shape index (κ1) is 19.2. The van der Waals surface area contributed by atoms with Crippen LogP contribution in [0.15, 0.2) is 54.2 Å². The van der Waals surface area contributed by atoms with Crippen molar-refractivity contribution in [3.63, 3.8) is 0 Å². The van der Waals surface area contributed by atoms with E-state index in [4.69, 9.17) is 4.74 Å². The summed E-state index contributed by atoms with van der Waals surface area (Å²) in [4.78, 5) is 30.4. The molecular formula is C24H26N2O3. The van der Waals surface area contributed by atoms with Crippen molar-refractivity contribution in [3.05, 3.63) is 65.4 Å². The lowest BCUT2D eigenvalue weighted by atomic mass is 10.0. The summed E-state index contributed by atoms with van der Waals surface area (Å²) >= 11 is 0. The smallest absolute Gasteiger partial charge is 0.282 e. The second-order valence-electron chi connectivity index (χ2n) is 7.51. The Morgan fingerprint density at radius 1 is 0.931 bits per heavy atom. The Kier molecular flexibility index (Phi) is 5.38. The Labute approximate surface area is 171 Å². The first-order valence-electron chi connectivity index (χ1n) is 10.3. The molecule has 1 saturated heterocycles. The van der Waals surface area contributed by atoms with E-state index in [1.807, 2.05) is 62.4 Å². The molecule has 0 aliphatic carbocycles. The maximum atomic E-state index is 13.5. The summed E-state index contributed by atoms with van der Waals surface area (Å²) in [6, 6.07) is 15.0. The number of carbonyl (C=O) groups excluding carboxylic acids is 2. The van der Waals surface area contributed by atoms with Crippen LogP contribution in [0.3, 0.4) is 0 Å². The molecule has 0 bridgehead atoms. The highest BCUT2D eigenvalue weighted by Gasteiger charge is 2.42. The molecule has 2 aliphatic rings. The van der Waals surface area contributed by atoms with Crippen molar-refractivity contribution in [2.24, 2.45) is 0 Å². The van der Waals surface area contributed by atoms with Gasteiger partial charge in [-0.3, -0.25) is 9.59 Å². The number of ether oxygens (including phenoxy) is 1. The quantitative estimate of drug-likeness (QED) is 0.719. The van der Waals surface area contributed by atoms with Gasteiger partial charge in [-0.2, -0.15) is 0 Å². The molecule has 5 heteroatoms. The minimum atomic E-state index is -0.259. The monoisotopic (exact) mass is 390 g/mol. The first-order chi connectivity index (χ1) is 14.1. The Balaban J connectivity index is 1.78. The van der Waals surface area contributed by atoms with E-state index < -0.39 is 0 Å². The fourth-order valence-corrected chi connectivity index (χ4v) is 4.08. The van der Waals surface area contributed by atoms with E-state index in [-0.39, 0.29) is 11.8 Å². The van der Waals surface area contributed by atoms with Crippen LogP contribution in [0.4, 0.5) is 5.69 Å². The molecule has 150 valence electrons. The zero-order chi connectivity index (χ0) is 20.4. The summed E-state index contributed by atoms with van der Waals surface area (Å²) < 4.78 is 5.53. The highest BCUT2D eigenvalue weighted by atomic mass is 16.5. The zero-order valence-corrected chi connectivity index (χ0v) is 17.0. The van der Waals surface area contributed by atoms with Crippen LogP contribution in [-0.2, 0) is 9.59 Å². The van der Waals surface area contributed by atoms with Crippen molar-refractivity contribution in [1.29, 1.82) is 0 Å². The number of rotatable bonds is 5. The molecule has 2 heterocycles. The molecular weight excluding hydrogens is 364 g/mol. The molecule has 0 saturated carbocycles. The van der Waals surface area contributed by atoms with E-state index in [0.29, 0.717) is 23.6 Å². The number of piperidine rings is 1. The number of aryl methyl sites for hydroxylation is 1. The predicted octanol–water partition coefficient (Wildman–Crippen LogP) is 4.16. The van der Waals surface area contributed by atoms with E-state index in [9.17, 15) is 9.59 Å². The molecule has 2 amide bonds. The number of nitrogens with zero attached hydrogens (tertiary/aromatic N) is 2. The molecule has 1 fully saturated rings. The first-order valence-corrected chi connectivity index (χ1v) is 10.3. The van der Waals surface area contributed by atoms with E-state index in [1.165, 1.54) is 4.90 Å². The third kappa shape index (κ3) is 3.65. The molecule has 0 aromatic heterocycles. The lowest BCUT2D eigenvalue weighted by molar-refractivity contribution is -0.120. The summed E-state index contributed by atoms with van der Waals surface area (Å²) in [7, 11) is 0. The molecule has 4 rings (SSSR count). The van der Waals surface area contributed by atoms with Gasteiger partial charge in [-0.15, -0.1) is 0 Å². The van der Waals surface area contributed by atoms with Crippen molar-refractivity contribution in [2.75, 3.05) is 24.6 Å². The lowest BCUT2D eigenvalue weighted by Crippen LogP contribution is -2.37. The molecule has 0 N–H and O–H groups in total. The van der Waals surface area contributed by atoms with Gasteiger partial charge in [0, 0.05) is 13.1 Å². The van der Waals surface area contributed by atoms with Crippen molar-refractivity contribution in [2.45, 2.75) is 33.1 Å². The molecule has 2 aromatic rings. The van der Waals surface area contributed by atoms with E-state index in [0.717, 1.165) is 49.2 Å². The Hall–Kier alpha value is -3.08. The predicted molar refractivity (Wildman–Crippen MR) is 114 cm³/mol.